The van der Waals surface area contributed by atoms with Gasteiger partial charge in [-0.05, 0) is 55.3 Å². The second kappa shape index (κ2) is 9.00. The summed E-state index contributed by atoms with van der Waals surface area (Å²) in [6, 6.07) is 9.99. The molecule has 0 atom stereocenters. The maximum absolute atomic E-state index is 12.9. The van der Waals surface area contributed by atoms with Crippen molar-refractivity contribution in [3.8, 4) is 12.3 Å². The van der Waals surface area contributed by atoms with Crippen LogP contribution in [0.5, 0.6) is 0 Å². The summed E-state index contributed by atoms with van der Waals surface area (Å²) < 4.78 is 35.1. The van der Waals surface area contributed by atoms with Gasteiger partial charge in [-0.3, -0.25) is 4.79 Å². The minimum absolute atomic E-state index is 0.145. The van der Waals surface area contributed by atoms with E-state index in [1.807, 2.05) is 24.5 Å². The van der Waals surface area contributed by atoms with Gasteiger partial charge in [0.05, 0.1) is 34.9 Å². The molecule has 1 aliphatic heterocycles. The summed E-state index contributed by atoms with van der Waals surface area (Å²) in [5.41, 5.74) is 3.46. The predicted octanol–water partition coefficient (Wildman–Crippen LogP) is 2.71. The van der Waals surface area contributed by atoms with Gasteiger partial charge in [0.2, 0.25) is 10.0 Å². The van der Waals surface area contributed by atoms with E-state index in [2.05, 4.69) is 17.0 Å². The third-order valence-corrected chi connectivity index (χ3v) is 8.41. The average Bonchev–Trinajstić information content (AvgIpc) is 3.12. The first-order chi connectivity index (χ1) is 15.3. The Morgan fingerprint density at radius 2 is 1.88 bits per heavy atom. The van der Waals surface area contributed by atoms with Gasteiger partial charge in [0.15, 0.2) is 4.80 Å². The lowest BCUT2D eigenvalue weighted by Gasteiger charge is -2.26. The Bertz CT molecular complexity index is 1390. The fraction of sp³-hybridized carbons (Fsp3) is 0.304. The zero-order chi connectivity index (χ0) is 22.9. The molecule has 9 heteroatoms. The van der Waals surface area contributed by atoms with Crippen LogP contribution >= 0.6 is 11.3 Å². The molecule has 7 nitrogen and oxygen atoms in total. The molecule has 4 rings (SSSR count). The molecule has 1 aromatic heterocycles. The lowest BCUT2D eigenvalue weighted by atomic mass is 10.1. The number of thiazole rings is 1. The van der Waals surface area contributed by atoms with E-state index in [1.165, 1.54) is 39.9 Å². The minimum Gasteiger partial charge on any atom is -0.379 e. The van der Waals surface area contributed by atoms with Crippen molar-refractivity contribution in [3.05, 3.63) is 57.9 Å². The molecule has 0 aliphatic carbocycles. The lowest BCUT2D eigenvalue weighted by Crippen LogP contribution is -2.40. The Hall–Kier alpha value is -2.77. The molecule has 0 saturated carbocycles. The van der Waals surface area contributed by atoms with E-state index < -0.39 is 15.9 Å². The molecule has 1 aliphatic rings. The van der Waals surface area contributed by atoms with Crippen LogP contribution in [0.4, 0.5) is 0 Å². The third kappa shape index (κ3) is 4.27. The van der Waals surface area contributed by atoms with Crippen LogP contribution in [-0.4, -0.2) is 49.5 Å². The van der Waals surface area contributed by atoms with Crippen LogP contribution in [0.2, 0.25) is 0 Å². The van der Waals surface area contributed by atoms with Gasteiger partial charge in [0.1, 0.15) is 0 Å². The molecule has 0 radical (unpaired) electrons. The number of terminal acetylenes is 1. The molecule has 2 aromatic carbocycles. The van der Waals surface area contributed by atoms with Gasteiger partial charge in [0, 0.05) is 18.7 Å². The van der Waals surface area contributed by atoms with Crippen LogP contribution in [0.25, 0.3) is 10.2 Å². The maximum Gasteiger partial charge on any atom is 0.279 e. The van der Waals surface area contributed by atoms with Crippen molar-refractivity contribution in [2.45, 2.75) is 25.3 Å². The van der Waals surface area contributed by atoms with Crippen molar-refractivity contribution in [3.63, 3.8) is 0 Å². The number of rotatable bonds is 4. The van der Waals surface area contributed by atoms with Gasteiger partial charge in [0.25, 0.3) is 5.91 Å². The lowest BCUT2D eigenvalue weighted by molar-refractivity contribution is 0.0730. The number of amides is 1. The van der Waals surface area contributed by atoms with E-state index in [4.69, 9.17) is 11.2 Å². The number of aromatic nitrogens is 1. The van der Waals surface area contributed by atoms with Gasteiger partial charge in [-0.15, -0.1) is 6.42 Å². The van der Waals surface area contributed by atoms with E-state index in [0.717, 1.165) is 21.3 Å². The van der Waals surface area contributed by atoms with Gasteiger partial charge in [-0.1, -0.05) is 23.3 Å². The number of ether oxygens (including phenoxy) is 1. The van der Waals surface area contributed by atoms with Gasteiger partial charge < -0.3 is 9.30 Å². The minimum atomic E-state index is -3.62. The Kier molecular flexibility index (Phi) is 6.31. The van der Waals surface area contributed by atoms with Crippen molar-refractivity contribution in [1.82, 2.24) is 8.87 Å². The fourth-order valence-electron chi connectivity index (χ4n) is 3.70. The summed E-state index contributed by atoms with van der Waals surface area (Å²) in [7, 11) is -3.62. The number of sulfonamides is 1. The van der Waals surface area contributed by atoms with Crippen LogP contribution in [0.15, 0.2) is 46.3 Å². The maximum atomic E-state index is 12.9. The summed E-state index contributed by atoms with van der Waals surface area (Å²) in [5.74, 6) is 2.18. The highest BCUT2D eigenvalue weighted by atomic mass is 32.2. The zero-order valence-corrected chi connectivity index (χ0v) is 19.5. The number of hydrogen-bond acceptors (Lipinski definition) is 5. The highest BCUT2D eigenvalue weighted by molar-refractivity contribution is 7.89. The molecular weight excluding hydrogens is 446 g/mol. The monoisotopic (exact) mass is 469 g/mol. The number of benzene rings is 2. The SMILES string of the molecule is C#CCn1c(=NC(=O)c2ccc(S(=O)(=O)N3CCOCC3)cc2)sc2c(C)cc(C)cc21. The first-order valence-corrected chi connectivity index (χ1v) is 12.4. The zero-order valence-electron chi connectivity index (χ0n) is 17.9. The van der Waals surface area contributed by atoms with Crippen molar-refractivity contribution in [2.24, 2.45) is 4.99 Å². The Balaban J connectivity index is 1.68. The number of aryl methyl sites for hydroxylation is 2. The number of fused-ring (bicyclic) bond motifs is 1. The van der Waals surface area contributed by atoms with Crippen LogP contribution in [0, 0.1) is 26.2 Å². The molecule has 3 aromatic rings. The number of nitrogens with zero attached hydrogens (tertiary/aromatic N) is 3. The van der Waals surface area contributed by atoms with E-state index in [-0.39, 0.29) is 4.90 Å². The second-order valence-corrected chi connectivity index (χ2v) is 10.5. The Morgan fingerprint density at radius 3 is 2.53 bits per heavy atom. The van der Waals surface area contributed by atoms with Gasteiger partial charge in [-0.25, -0.2) is 8.42 Å². The van der Waals surface area contributed by atoms with Crippen LogP contribution in [-0.2, 0) is 21.3 Å². The highest BCUT2D eigenvalue weighted by Gasteiger charge is 2.26. The molecule has 0 bridgehead atoms. The first-order valence-electron chi connectivity index (χ1n) is 10.1. The van der Waals surface area contributed by atoms with E-state index in [1.54, 1.807) is 0 Å². The molecule has 166 valence electrons. The van der Waals surface area contributed by atoms with E-state index in [9.17, 15) is 13.2 Å². The fourth-order valence-corrected chi connectivity index (χ4v) is 6.18. The second-order valence-electron chi connectivity index (χ2n) is 7.56. The summed E-state index contributed by atoms with van der Waals surface area (Å²) >= 11 is 1.41. The van der Waals surface area contributed by atoms with Crippen LogP contribution < -0.4 is 4.80 Å². The highest BCUT2D eigenvalue weighted by Crippen LogP contribution is 2.24. The topological polar surface area (TPSA) is 81.0 Å². The normalized spacial score (nSPS) is 15.7. The molecule has 1 fully saturated rings. The molecule has 0 unspecified atom stereocenters. The number of hydrogen-bond donors (Lipinski definition) is 0. The van der Waals surface area contributed by atoms with Crippen LogP contribution in [0.1, 0.15) is 21.5 Å². The molecule has 2 heterocycles. The third-order valence-electron chi connectivity index (χ3n) is 5.27. The molecule has 1 saturated heterocycles. The smallest absolute Gasteiger partial charge is 0.279 e. The quantitative estimate of drug-likeness (QED) is 0.551. The number of carbonyl (C=O) groups is 1. The Morgan fingerprint density at radius 1 is 1.19 bits per heavy atom. The van der Waals surface area contributed by atoms with Crippen molar-refractivity contribution in [2.75, 3.05) is 26.3 Å². The molecular formula is C23H23N3O4S2. The average molecular weight is 470 g/mol. The summed E-state index contributed by atoms with van der Waals surface area (Å²) in [6.45, 7) is 5.72. The van der Waals surface area contributed by atoms with Crippen molar-refractivity contribution >= 4 is 37.5 Å². The Labute approximate surface area is 191 Å². The van der Waals surface area contributed by atoms with Gasteiger partial charge in [-0.2, -0.15) is 9.30 Å². The molecule has 0 spiro atoms. The molecule has 1 amide bonds. The predicted molar refractivity (Wildman–Crippen MR) is 124 cm³/mol. The summed E-state index contributed by atoms with van der Waals surface area (Å²) in [5, 5.41) is 0. The summed E-state index contributed by atoms with van der Waals surface area (Å²) in [6.07, 6.45) is 5.56. The largest absolute Gasteiger partial charge is 0.379 e. The van der Waals surface area contributed by atoms with E-state index in [0.29, 0.717) is 43.2 Å². The van der Waals surface area contributed by atoms with Crippen molar-refractivity contribution in [1.29, 1.82) is 0 Å². The van der Waals surface area contributed by atoms with Crippen molar-refractivity contribution < 1.29 is 17.9 Å². The van der Waals surface area contributed by atoms with E-state index >= 15 is 0 Å². The molecule has 32 heavy (non-hydrogen) atoms. The van der Waals surface area contributed by atoms with Gasteiger partial charge >= 0.3 is 0 Å². The number of carbonyl (C=O) groups excluding carboxylic acids is 1. The number of morpholine rings is 1. The molecule has 0 N–H and O–H groups in total. The first kappa shape index (κ1) is 22.4. The van der Waals surface area contributed by atoms with Crippen LogP contribution in [0.3, 0.4) is 0 Å². The summed E-state index contributed by atoms with van der Waals surface area (Å²) in [4.78, 5) is 17.8. The standard InChI is InChI=1S/C23H23N3O4S2/c1-4-9-26-20-15-16(2)14-17(3)21(20)31-23(26)24-22(27)18-5-7-19(8-6-18)32(28,29)25-10-12-30-13-11-25/h1,5-8,14-15H,9-13H2,2-3H3.